The van der Waals surface area contributed by atoms with Gasteiger partial charge in [0.2, 0.25) is 5.82 Å². The summed E-state index contributed by atoms with van der Waals surface area (Å²) in [6, 6.07) is 3.64. The molecule has 9 heteroatoms. The Bertz CT molecular complexity index is 700. The van der Waals surface area contributed by atoms with Crippen LogP contribution in [0, 0.1) is 11.6 Å². The molecule has 0 aliphatic carbocycles. The van der Waals surface area contributed by atoms with Crippen molar-refractivity contribution in [2.45, 2.75) is 32.0 Å². The number of aliphatic hydroxyl groups excluding tert-OH is 1. The minimum Gasteiger partial charge on any atom is -0.488 e. The van der Waals surface area contributed by atoms with Crippen LogP contribution in [0.3, 0.4) is 0 Å². The number of ether oxygens (including phenoxy) is 2. The molecule has 0 radical (unpaired) electrons. The fraction of sp³-hybridized carbons (Fsp3) is 0.412. The molecule has 0 saturated carbocycles. The Labute approximate surface area is 153 Å². The van der Waals surface area contributed by atoms with E-state index in [0.29, 0.717) is 0 Å². The Hall–Kier alpha value is -2.10. The van der Waals surface area contributed by atoms with Gasteiger partial charge >= 0.3 is 0 Å². The van der Waals surface area contributed by atoms with E-state index < -0.39 is 11.6 Å². The number of carbonyl (C=O) groups is 1. The first kappa shape index (κ1) is 20.2. The van der Waals surface area contributed by atoms with Gasteiger partial charge in [0.05, 0.1) is 24.4 Å². The lowest BCUT2D eigenvalue weighted by molar-refractivity contribution is -0.126. The van der Waals surface area contributed by atoms with Crippen LogP contribution in [0.1, 0.15) is 19.8 Å². The molecule has 3 rings (SSSR count). The van der Waals surface area contributed by atoms with E-state index >= 15 is 0 Å². The van der Waals surface area contributed by atoms with Crippen molar-refractivity contribution in [3.8, 4) is 5.75 Å². The van der Waals surface area contributed by atoms with Crippen LogP contribution in [-0.2, 0) is 9.53 Å². The summed E-state index contributed by atoms with van der Waals surface area (Å²) in [5.41, 5.74) is 1.69. The lowest BCUT2D eigenvalue weighted by Crippen LogP contribution is -2.27. The molecule has 6 nitrogen and oxygen atoms in total. The third kappa shape index (κ3) is 6.01. The molecule has 2 N–H and O–H groups in total. The van der Waals surface area contributed by atoms with Gasteiger partial charge in [0, 0.05) is 0 Å². The molecular formula is C17H20F2N2O4S. The highest BCUT2D eigenvalue weighted by molar-refractivity contribution is 7.13. The molecular weight excluding hydrogens is 366 g/mol. The quantitative estimate of drug-likeness (QED) is 0.826. The molecule has 142 valence electrons. The first-order chi connectivity index (χ1) is 12.5. The average Bonchev–Trinajstić information content (AvgIpc) is 3.28. The molecule has 1 aliphatic heterocycles. The summed E-state index contributed by atoms with van der Waals surface area (Å²) in [4.78, 5) is 15.5. The second-order valence-electron chi connectivity index (χ2n) is 5.49. The van der Waals surface area contributed by atoms with E-state index in [1.165, 1.54) is 23.5 Å². The molecule has 0 spiro atoms. The van der Waals surface area contributed by atoms with Crippen molar-refractivity contribution in [2.24, 2.45) is 0 Å². The van der Waals surface area contributed by atoms with Crippen molar-refractivity contribution in [3.05, 3.63) is 41.5 Å². The number of rotatable bonds is 5. The van der Waals surface area contributed by atoms with Gasteiger partial charge in [0.1, 0.15) is 17.7 Å². The molecule has 1 aromatic carbocycles. The van der Waals surface area contributed by atoms with Crippen molar-refractivity contribution in [2.75, 3.05) is 18.5 Å². The van der Waals surface area contributed by atoms with Crippen molar-refractivity contribution in [1.82, 2.24) is 4.98 Å². The SMILES string of the molecule is CC1CCC(C(=O)Nc2cncs2)O1.OCCOc1cccc(F)c1F. The van der Waals surface area contributed by atoms with E-state index in [-0.39, 0.29) is 37.1 Å². The van der Waals surface area contributed by atoms with Crippen LogP contribution in [0.25, 0.3) is 0 Å². The van der Waals surface area contributed by atoms with Gasteiger partial charge in [-0.3, -0.25) is 9.78 Å². The van der Waals surface area contributed by atoms with Crippen LogP contribution in [0.5, 0.6) is 5.75 Å². The normalized spacial score (nSPS) is 18.8. The Morgan fingerprint density at radius 2 is 2.27 bits per heavy atom. The molecule has 1 fully saturated rings. The summed E-state index contributed by atoms with van der Waals surface area (Å²) in [5.74, 6) is -2.21. The van der Waals surface area contributed by atoms with E-state index in [0.717, 1.165) is 23.9 Å². The van der Waals surface area contributed by atoms with E-state index in [1.807, 2.05) is 6.92 Å². The maximum absolute atomic E-state index is 12.7. The monoisotopic (exact) mass is 386 g/mol. The lowest BCUT2D eigenvalue weighted by atomic mass is 10.2. The molecule has 1 saturated heterocycles. The number of carbonyl (C=O) groups excluding carboxylic acids is 1. The summed E-state index contributed by atoms with van der Waals surface area (Å²) < 4.78 is 35.4. The van der Waals surface area contributed by atoms with Gasteiger partial charge in [-0.05, 0) is 31.9 Å². The predicted octanol–water partition coefficient (Wildman–Crippen LogP) is 2.99. The van der Waals surface area contributed by atoms with Crippen LogP contribution in [0.4, 0.5) is 13.8 Å². The molecule has 1 amide bonds. The fourth-order valence-electron chi connectivity index (χ4n) is 2.23. The minimum atomic E-state index is -1.02. The van der Waals surface area contributed by atoms with Crippen molar-refractivity contribution < 1.29 is 28.2 Å². The van der Waals surface area contributed by atoms with Gasteiger partial charge in [-0.2, -0.15) is 4.39 Å². The molecule has 0 bridgehead atoms. The second-order valence-corrected chi connectivity index (χ2v) is 6.38. The predicted molar refractivity (Wildman–Crippen MR) is 93.3 cm³/mol. The number of halogens is 2. The lowest BCUT2D eigenvalue weighted by Gasteiger charge is -2.09. The van der Waals surface area contributed by atoms with E-state index in [9.17, 15) is 13.6 Å². The van der Waals surface area contributed by atoms with E-state index in [4.69, 9.17) is 14.6 Å². The molecule has 1 aromatic heterocycles. The average molecular weight is 386 g/mol. The topological polar surface area (TPSA) is 80.7 Å². The summed E-state index contributed by atoms with van der Waals surface area (Å²) in [6.45, 7) is 1.72. The smallest absolute Gasteiger partial charge is 0.254 e. The zero-order chi connectivity index (χ0) is 18.9. The minimum absolute atomic E-state index is 0.0413. The molecule has 2 unspecified atom stereocenters. The number of hydrogen-bond donors (Lipinski definition) is 2. The Morgan fingerprint density at radius 3 is 2.88 bits per heavy atom. The standard InChI is InChI=1S/C9H12N2O2S.C8H8F2O2/c1-6-2-3-7(13-6)9(12)11-8-4-10-5-14-8;9-6-2-1-3-7(8(6)10)12-5-4-11/h4-7H,2-3H2,1H3,(H,11,12);1-3,11H,4-5H2. The summed E-state index contributed by atoms with van der Waals surface area (Å²) in [5, 5.41) is 11.9. The van der Waals surface area contributed by atoms with Crippen molar-refractivity contribution >= 4 is 22.2 Å². The van der Waals surface area contributed by atoms with Crippen LogP contribution in [-0.4, -0.2) is 41.4 Å². The van der Waals surface area contributed by atoms with Gasteiger partial charge in [0.25, 0.3) is 5.91 Å². The second kappa shape index (κ2) is 10.1. The number of hydrogen-bond acceptors (Lipinski definition) is 6. The van der Waals surface area contributed by atoms with E-state index in [1.54, 1.807) is 11.7 Å². The zero-order valence-electron chi connectivity index (χ0n) is 14.2. The molecule has 1 aliphatic rings. The van der Waals surface area contributed by atoms with Gasteiger partial charge in [-0.15, -0.1) is 11.3 Å². The van der Waals surface area contributed by atoms with Crippen LogP contribution in [0.2, 0.25) is 0 Å². The highest BCUT2D eigenvalue weighted by Gasteiger charge is 2.28. The van der Waals surface area contributed by atoms with Gasteiger partial charge in [-0.25, -0.2) is 4.39 Å². The number of nitrogens with one attached hydrogen (secondary N) is 1. The number of nitrogens with zero attached hydrogens (tertiary/aromatic N) is 1. The Balaban J connectivity index is 0.000000190. The molecule has 2 heterocycles. The maximum Gasteiger partial charge on any atom is 0.254 e. The van der Waals surface area contributed by atoms with E-state index in [2.05, 4.69) is 10.3 Å². The zero-order valence-corrected chi connectivity index (χ0v) is 15.0. The third-order valence-corrected chi connectivity index (χ3v) is 4.16. The number of amides is 1. The summed E-state index contributed by atoms with van der Waals surface area (Å²) in [7, 11) is 0. The van der Waals surface area contributed by atoms with Crippen LogP contribution < -0.4 is 10.1 Å². The molecule has 2 aromatic rings. The number of anilines is 1. The van der Waals surface area contributed by atoms with Gasteiger partial charge < -0.3 is 19.9 Å². The number of thiazole rings is 1. The number of benzene rings is 1. The summed E-state index contributed by atoms with van der Waals surface area (Å²) in [6.07, 6.45) is 3.33. The largest absolute Gasteiger partial charge is 0.488 e. The Morgan fingerprint density at radius 1 is 1.46 bits per heavy atom. The number of aromatic nitrogens is 1. The first-order valence-electron chi connectivity index (χ1n) is 8.03. The first-order valence-corrected chi connectivity index (χ1v) is 8.91. The molecule has 2 atom stereocenters. The molecule has 26 heavy (non-hydrogen) atoms. The highest BCUT2D eigenvalue weighted by atomic mass is 32.1. The fourth-order valence-corrected chi connectivity index (χ4v) is 2.74. The Kier molecular flexibility index (Phi) is 7.89. The van der Waals surface area contributed by atoms with Gasteiger partial charge in [0.15, 0.2) is 11.6 Å². The van der Waals surface area contributed by atoms with Crippen molar-refractivity contribution in [1.29, 1.82) is 0 Å². The van der Waals surface area contributed by atoms with Gasteiger partial charge in [-0.1, -0.05) is 6.07 Å². The van der Waals surface area contributed by atoms with Crippen LogP contribution in [0.15, 0.2) is 29.9 Å². The highest BCUT2D eigenvalue weighted by Crippen LogP contribution is 2.21. The third-order valence-electron chi connectivity index (χ3n) is 3.47. The van der Waals surface area contributed by atoms with Crippen molar-refractivity contribution in [3.63, 3.8) is 0 Å². The van der Waals surface area contributed by atoms with Crippen LogP contribution >= 0.6 is 11.3 Å². The maximum atomic E-state index is 12.7. The number of aliphatic hydroxyl groups is 1. The summed E-state index contributed by atoms with van der Waals surface area (Å²) >= 11 is 1.41.